The number of fused-ring (bicyclic) bond motifs is 1. The van der Waals surface area contributed by atoms with Gasteiger partial charge in [0, 0.05) is 12.2 Å². The number of hydrogen-bond donors (Lipinski definition) is 2. The molecule has 3 rings (SSSR count). The number of carbonyl (C=O) groups is 1. The number of benzene rings is 2. The predicted octanol–water partition coefficient (Wildman–Crippen LogP) is 2.27. The third-order valence-electron chi connectivity index (χ3n) is 4.87. The van der Waals surface area contributed by atoms with Crippen molar-refractivity contribution in [3.8, 4) is 0 Å². The molecule has 0 spiro atoms. The molecule has 6 nitrogen and oxygen atoms in total. The van der Waals surface area contributed by atoms with Gasteiger partial charge < -0.3 is 10.2 Å². The normalized spacial score (nSPS) is 15.1. The number of hydrogen-bond acceptors (Lipinski definition) is 4. The molecule has 0 saturated heterocycles. The topological polar surface area (TPSA) is 92.5 Å². The number of nitrogens with zero attached hydrogens (tertiary/aromatic N) is 1. The first-order chi connectivity index (χ1) is 12.7. The van der Waals surface area contributed by atoms with Crippen LogP contribution in [0.1, 0.15) is 36.1 Å². The maximum Gasteiger partial charge on any atom is 0.239 e. The molecule has 3 N–H and O–H groups in total. The van der Waals surface area contributed by atoms with Crippen molar-refractivity contribution in [1.29, 1.82) is 0 Å². The zero-order valence-corrected chi connectivity index (χ0v) is 16.4. The summed E-state index contributed by atoms with van der Waals surface area (Å²) in [5.74, 6) is -0.0635. The van der Waals surface area contributed by atoms with Crippen LogP contribution in [0.25, 0.3) is 0 Å². The fourth-order valence-corrected chi connectivity index (χ4v) is 3.97. The Morgan fingerprint density at radius 1 is 1.22 bits per heavy atom. The summed E-state index contributed by atoms with van der Waals surface area (Å²) in [6.45, 7) is 5.11. The van der Waals surface area contributed by atoms with Gasteiger partial charge in [0.25, 0.3) is 0 Å². The number of sulfonamides is 1. The Bertz CT molecular complexity index is 939. The van der Waals surface area contributed by atoms with Gasteiger partial charge in [-0.1, -0.05) is 29.8 Å². The van der Waals surface area contributed by atoms with Gasteiger partial charge in [-0.2, -0.15) is 0 Å². The molecule has 2 aromatic carbocycles. The van der Waals surface area contributed by atoms with Crippen molar-refractivity contribution in [1.82, 2.24) is 5.32 Å². The van der Waals surface area contributed by atoms with Crippen LogP contribution in [0.4, 0.5) is 5.69 Å². The second-order valence-electron chi connectivity index (χ2n) is 7.06. The standard InChI is InChI=1S/C20H25N3O3S/c1-14-5-10-19-17(12-14)4-3-11-23(19)13-20(24)22-15(2)16-6-8-18(9-7-16)27(21,25)26/h5-10,12,15H,3-4,11,13H2,1-2H3,(H,22,24)(H2,21,25,26)/t15-/m0/s1. The Labute approximate surface area is 160 Å². The highest BCUT2D eigenvalue weighted by atomic mass is 32.2. The molecule has 1 atom stereocenters. The van der Waals surface area contributed by atoms with Gasteiger partial charge in [0.1, 0.15) is 0 Å². The zero-order valence-electron chi connectivity index (χ0n) is 15.6. The van der Waals surface area contributed by atoms with E-state index in [0.717, 1.165) is 30.6 Å². The van der Waals surface area contributed by atoms with Crippen molar-refractivity contribution in [3.63, 3.8) is 0 Å². The van der Waals surface area contributed by atoms with Gasteiger partial charge in [0.05, 0.1) is 17.5 Å². The third-order valence-corrected chi connectivity index (χ3v) is 5.80. The Morgan fingerprint density at radius 2 is 1.93 bits per heavy atom. The molecule has 1 aliphatic heterocycles. The van der Waals surface area contributed by atoms with Crippen LogP contribution in [0.15, 0.2) is 47.4 Å². The molecule has 1 heterocycles. The molecule has 0 bridgehead atoms. The van der Waals surface area contributed by atoms with Gasteiger partial charge in [0.2, 0.25) is 15.9 Å². The molecule has 7 heteroatoms. The van der Waals surface area contributed by atoms with Crippen molar-refractivity contribution in [2.24, 2.45) is 5.14 Å². The third kappa shape index (κ3) is 4.67. The number of nitrogens with two attached hydrogens (primary N) is 1. The number of carbonyl (C=O) groups excluding carboxylic acids is 1. The summed E-state index contributed by atoms with van der Waals surface area (Å²) in [6.07, 6.45) is 2.08. The molecular formula is C20H25N3O3S. The summed E-state index contributed by atoms with van der Waals surface area (Å²) in [7, 11) is -3.71. The number of amides is 1. The molecule has 0 aliphatic carbocycles. The summed E-state index contributed by atoms with van der Waals surface area (Å²) < 4.78 is 22.7. The van der Waals surface area contributed by atoms with Gasteiger partial charge in [-0.3, -0.25) is 4.79 Å². The molecule has 2 aromatic rings. The number of aryl methyl sites for hydroxylation is 2. The second-order valence-corrected chi connectivity index (χ2v) is 8.62. The van der Waals surface area contributed by atoms with Crippen LogP contribution in [0.3, 0.4) is 0 Å². The lowest BCUT2D eigenvalue weighted by molar-refractivity contribution is -0.120. The molecule has 0 unspecified atom stereocenters. The van der Waals surface area contributed by atoms with Crippen LogP contribution in [-0.4, -0.2) is 27.4 Å². The molecular weight excluding hydrogens is 362 g/mol. The lowest BCUT2D eigenvalue weighted by atomic mass is 9.99. The summed E-state index contributed by atoms with van der Waals surface area (Å²) in [4.78, 5) is 14.7. The average molecular weight is 388 g/mol. The van der Waals surface area contributed by atoms with Crippen LogP contribution >= 0.6 is 0 Å². The van der Waals surface area contributed by atoms with Gasteiger partial charge in [0.15, 0.2) is 0 Å². The van der Waals surface area contributed by atoms with Crippen molar-refractivity contribution in [2.45, 2.75) is 37.6 Å². The van der Waals surface area contributed by atoms with Gasteiger partial charge >= 0.3 is 0 Å². The van der Waals surface area contributed by atoms with E-state index in [4.69, 9.17) is 5.14 Å². The maximum absolute atomic E-state index is 12.5. The van der Waals surface area contributed by atoms with E-state index in [0.29, 0.717) is 6.54 Å². The molecule has 0 radical (unpaired) electrons. The van der Waals surface area contributed by atoms with Crippen LogP contribution in [-0.2, 0) is 21.2 Å². The number of primary sulfonamides is 1. The SMILES string of the molecule is Cc1ccc2c(c1)CCCN2CC(=O)N[C@@H](C)c1ccc(S(N)(=O)=O)cc1. The van der Waals surface area contributed by atoms with E-state index in [1.165, 1.54) is 23.3 Å². The maximum atomic E-state index is 12.5. The van der Waals surface area contributed by atoms with E-state index >= 15 is 0 Å². The molecule has 0 fully saturated rings. The van der Waals surface area contributed by atoms with Gasteiger partial charge in [-0.05, 0) is 56.0 Å². The Balaban J connectivity index is 1.64. The first kappa shape index (κ1) is 19.4. The fourth-order valence-electron chi connectivity index (χ4n) is 3.46. The highest BCUT2D eigenvalue weighted by Gasteiger charge is 2.20. The zero-order chi connectivity index (χ0) is 19.6. The van der Waals surface area contributed by atoms with Crippen LogP contribution in [0.5, 0.6) is 0 Å². The molecule has 0 saturated carbocycles. The quantitative estimate of drug-likeness (QED) is 0.823. The minimum Gasteiger partial charge on any atom is -0.362 e. The summed E-state index contributed by atoms with van der Waals surface area (Å²) in [5.41, 5.74) is 4.48. The van der Waals surface area contributed by atoms with Crippen molar-refractivity contribution in [2.75, 3.05) is 18.0 Å². The average Bonchev–Trinajstić information content (AvgIpc) is 2.61. The number of rotatable bonds is 5. The van der Waals surface area contributed by atoms with Crippen molar-refractivity contribution in [3.05, 3.63) is 59.2 Å². The lowest BCUT2D eigenvalue weighted by Gasteiger charge is -2.31. The smallest absolute Gasteiger partial charge is 0.239 e. The van der Waals surface area contributed by atoms with Crippen molar-refractivity contribution < 1.29 is 13.2 Å². The van der Waals surface area contributed by atoms with E-state index in [2.05, 4.69) is 35.3 Å². The van der Waals surface area contributed by atoms with Gasteiger partial charge in [-0.15, -0.1) is 0 Å². The van der Waals surface area contributed by atoms with E-state index in [-0.39, 0.29) is 16.8 Å². The van der Waals surface area contributed by atoms with Crippen LogP contribution in [0, 0.1) is 6.92 Å². The van der Waals surface area contributed by atoms with E-state index in [1.54, 1.807) is 12.1 Å². The monoisotopic (exact) mass is 387 g/mol. The molecule has 27 heavy (non-hydrogen) atoms. The van der Waals surface area contributed by atoms with E-state index < -0.39 is 10.0 Å². The summed E-state index contributed by atoms with van der Waals surface area (Å²) >= 11 is 0. The number of nitrogens with one attached hydrogen (secondary N) is 1. The Morgan fingerprint density at radius 3 is 2.59 bits per heavy atom. The molecule has 0 aromatic heterocycles. The molecule has 144 valence electrons. The predicted molar refractivity (Wildman–Crippen MR) is 106 cm³/mol. The van der Waals surface area contributed by atoms with E-state index in [9.17, 15) is 13.2 Å². The van der Waals surface area contributed by atoms with Crippen molar-refractivity contribution >= 4 is 21.6 Å². The van der Waals surface area contributed by atoms with Gasteiger partial charge in [-0.25, -0.2) is 13.6 Å². The first-order valence-corrected chi connectivity index (χ1v) is 10.6. The Hall–Kier alpha value is -2.38. The van der Waals surface area contributed by atoms with E-state index in [1.807, 2.05) is 6.92 Å². The lowest BCUT2D eigenvalue weighted by Crippen LogP contribution is -2.40. The minimum atomic E-state index is -3.71. The number of anilines is 1. The molecule has 1 aliphatic rings. The van der Waals surface area contributed by atoms with Crippen LogP contribution in [0.2, 0.25) is 0 Å². The highest BCUT2D eigenvalue weighted by Crippen LogP contribution is 2.27. The minimum absolute atomic E-state index is 0.0602. The summed E-state index contributed by atoms with van der Waals surface area (Å²) in [5, 5.41) is 8.10. The largest absolute Gasteiger partial charge is 0.362 e. The Kier molecular flexibility index (Phi) is 5.53. The first-order valence-electron chi connectivity index (χ1n) is 9.00. The van der Waals surface area contributed by atoms with Crippen LogP contribution < -0.4 is 15.4 Å². The summed E-state index contributed by atoms with van der Waals surface area (Å²) in [6, 6.07) is 12.4. The highest BCUT2D eigenvalue weighted by molar-refractivity contribution is 7.89. The fraction of sp³-hybridized carbons (Fsp3) is 0.350. The second kappa shape index (κ2) is 7.70. The molecule has 1 amide bonds.